The van der Waals surface area contributed by atoms with E-state index in [2.05, 4.69) is 15.1 Å². The van der Waals surface area contributed by atoms with Crippen molar-refractivity contribution in [3.8, 4) is 0 Å². The summed E-state index contributed by atoms with van der Waals surface area (Å²) in [6.45, 7) is 7.13. The first kappa shape index (κ1) is 35.9. The van der Waals surface area contributed by atoms with Gasteiger partial charge in [-0.1, -0.05) is 35.9 Å². The van der Waals surface area contributed by atoms with Crippen molar-refractivity contribution in [2.45, 2.75) is 83.3 Å². The van der Waals surface area contributed by atoms with Crippen LogP contribution in [0.3, 0.4) is 0 Å². The van der Waals surface area contributed by atoms with Crippen LogP contribution in [0.25, 0.3) is 10.1 Å². The molecule has 49 heavy (non-hydrogen) atoms. The highest BCUT2D eigenvalue weighted by Gasteiger charge is 2.54. The van der Waals surface area contributed by atoms with E-state index in [0.29, 0.717) is 70.6 Å². The highest BCUT2D eigenvalue weighted by molar-refractivity contribution is 7.17. The van der Waals surface area contributed by atoms with Crippen LogP contribution in [0.2, 0.25) is 5.02 Å². The average Bonchev–Trinajstić information content (AvgIpc) is 3.90. The topological polar surface area (TPSA) is 97.4 Å². The van der Waals surface area contributed by atoms with E-state index < -0.39 is 11.7 Å². The Hall–Kier alpha value is -2.93. The number of carbonyl (C=O) groups excluding carboxylic acids is 3. The number of nitrogens with zero attached hydrogens (tertiary/aromatic N) is 2. The van der Waals surface area contributed by atoms with Crippen molar-refractivity contribution in [1.29, 1.82) is 0 Å². The highest BCUT2D eigenvalue weighted by Crippen LogP contribution is 2.39. The quantitative estimate of drug-likeness (QED) is 0.188. The highest BCUT2D eigenvalue weighted by atomic mass is 35.5. The summed E-state index contributed by atoms with van der Waals surface area (Å²) in [4.78, 5) is 44.6. The minimum atomic E-state index is -1.42. The predicted molar refractivity (Wildman–Crippen MR) is 189 cm³/mol. The van der Waals surface area contributed by atoms with E-state index in [-0.39, 0.29) is 58.5 Å². The Bertz CT molecular complexity index is 1660. The van der Waals surface area contributed by atoms with Gasteiger partial charge in [0.2, 0.25) is 5.85 Å². The molecule has 3 fully saturated rings. The zero-order valence-corrected chi connectivity index (χ0v) is 29.8. The SMILES string of the molecule is CCOC(=O)C1CCC(OC(C(=O)Cc2ccc(NC(=O)c3csc4ccccc34)c(Cl)c2F)(N2CCCC2)N2CC[C@@H](OCC)C2)CC1. The molecule has 2 aliphatic heterocycles. The van der Waals surface area contributed by atoms with Gasteiger partial charge in [-0.2, -0.15) is 0 Å². The first-order chi connectivity index (χ1) is 23.7. The minimum absolute atomic E-state index is 0.0441. The summed E-state index contributed by atoms with van der Waals surface area (Å²) in [5.74, 6) is -3.19. The number of hydrogen-bond donors (Lipinski definition) is 1. The van der Waals surface area contributed by atoms with E-state index in [1.54, 1.807) is 18.4 Å². The first-order valence-electron chi connectivity index (χ1n) is 17.5. The molecule has 1 aliphatic carbocycles. The van der Waals surface area contributed by atoms with Crippen LogP contribution in [-0.4, -0.2) is 84.9 Å². The van der Waals surface area contributed by atoms with Gasteiger partial charge in [-0.05, 0) is 76.5 Å². The van der Waals surface area contributed by atoms with Gasteiger partial charge in [0.15, 0.2) is 5.78 Å². The lowest BCUT2D eigenvalue weighted by Gasteiger charge is -2.48. The van der Waals surface area contributed by atoms with E-state index in [1.807, 2.05) is 31.2 Å². The van der Waals surface area contributed by atoms with Gasteiger partial charge < -0.3 is 19.5 Å². The lowest BCUT2D eigenvalue weighted by atomic mass is 9.87. The van der Waals surface area contributed by atoms with Crippen LogP contribution in [0, 0.1) is 11.7 Å². The number of esters is 1. The van der Waals surface area contributed by atoms with Crippen LogP contribution in [0.5, 0.6) is 0 Å². The number of nitrogens with one attached hydrogen (secondary N) is 1. The maximum absolute atomic E-state index is 16.0. The summed E-state index contributed by atoms with van der Waals surface area (Å²) in [6, 6.07) is 10.7. The number of anilines is 1. The fourth-order valence-electron chi connectivity index (χ4n) is 7.53. The molecule has 9 nitrogen and oxygen atoms in total. The van der Waals surface area contributed by atoms with Crippen LogP contribution in [0.15, 0.2) is 41.8 Å². The zero-order valence-electron chi connectivity index (χ0n) is 28.2. The van der Waals surface area contributed by atoms with E-state index in [1.165, 1.54) is 17.4 Å². The normalized spacial score (nSPS) is 23.1. The van der Waals surface area contributed by atoms with Crippen molar-refractivity contribution in [2.75, 3.05) is 44.7 Å². The summed E-state index contributed by atoms with van der Waals surface area (Å²) >= 11 is 8.00. The molecule has 1 saturated carbocycles. The van der Waals surface area contributed by atoms with Gasteiger partial charge in [-0.3, -0.25) is 24.2 Å². The second-order valence-corrected chi connectivity index (χ2v) is 14.3. The molecule has 6 rings (SSSR count). The van der Waals surface area contributed by atoms with Crippen LogP contribution in [0.4, 0.5) is 10.1 Å². The van der Waals surface area contributed by atoms with Crippen molar-refractivity contribution < 1.29 is 33.0 Å². The van der Waals surface area contributed by atoms with Crippen LogP contribution >= 0.6 is 22.9 Å². The smallest absolute Gasteiger partial charge is 0.308 e. The molecule has 264 valence electrons. The third-order valence-electron chi connectivity index (χ3n) is 9.99. The van der Waals surface area contributed by atoms with Gasteiger partial charge >= 0.3 is 5.97 Å². The lowest BCUT2D eigenvalue weighted by molar-refractivity contribution is -0.253. The largest absolute Gasteiger partial charge is 0.466 e. The van der Waals surface area contributed by atoms with Crippen molar-refractivity contribution in [3.05, 3.63) is 63.7 Å². The van der Waals surface area contributed by atoms with Crippen molar-refractivity contribution in [2.24, 2.45) is 5.92 Å². The number of ketones is 1. The number of thiophene rings is 1. The van der Waals surface area contributed by atoms with E-state index in [9.17, 15) is 14.4 Å². The zero-order chi connectivity index (χ0) is 34.5. The molecule has 0 radical (unpaired) electrons. The second kappa shape index (κ2) is 16.0. The summed E-state index contributed by atoms with van der Waals surface area (Å²) in [6.07, 6.45) is 4.50. The Kier molecular flexibility index (Phi) is 11.7. The molecule has 2 aromatic carbocycles. The molecule has 2 saturated heterocycles. The number of halogens is 2. The van der Waals surface area contributed by atoms with E-state index in [4.69, 9.17) is 25.8 Å². The molecule has 1 N–H and O–H groups in total. The number of Topliss-reactive ketones (excluding diaryl/α,β-unsaturated/α-hetero) is 1. The third-order valence-corrected chi connectivity index (χ3v) is 11.3. The minimum Gasteiger partial charge on any atom is -0.466 e. The molecular formula is C37H45ClFN3O6S. The fraction of sp³-hybridized carbons (Fsp3) is 0.541. The van der Waals surface area contributed by atoms with Gasteiger partial charge in [0.25, 0.3) is 5.91 Å². The number of amides is 1. The molecule has 1 amide bonds. The maximum Gasteiger partial charge on any atom is 0.308 e. The molecule has 1 unspecified atom stereocenters. The molecule has 2 atom stereocenters. The number of ether oxygens (including phenoxy) is 3. The van der Waals surface area contributed by atoms with Crippen molar-refractivity contribution in [3.63, 3.8) is 0 Å². The predicted octanol–water partition coefficient (Wildman–Crippen LogP) is 7.06. The van der Waals surface area contributed by atoms with Gasteiger partial charge in [0.05, 0.1) is 36.0 Å². The van der Waals surface area contributed by atoms with E-state index in [0.717, 1.165) is 29.3 Å². The van der Waals surface area contributed by atoms with Crippen LogP contribution in [-0.2, 0) is 30.2 Å². The Balaban J connectivity index is 1.26. The second-order valence-electron chi connectivity index (χ2n) is 13.1. The lowest BCUT2D eigenvalue weighted by Crippen LogP contribution is -2.67. The summed E-state index contributed by atoms with van der Waals surface area (Å²) in [7, 11) is 0. The Morgan fingerprint density at radius 3 is 2.45 bits per heavy atom. The van der Waals surface area contributed by atoms with Crippen LogP contribution in [0.1, 0.15) is 74.7 Å². The Labute approximate surface area is 296 Å². The van der Waals surface area contributed by atoms with Crippen LogP contribution < -0.4 is 5.32 Å². The number of benzene rings is 2. The number of likely N-dealkylation sites (tertiary alicyclic amines) is 2. The molecule has 3 heterocycles. The molecule has 1 aromatic heterocycles. The Morgan fingerprint density at radius 1 is 0.959 bits per heavy atom. The number of rotatable bonds is 13. The number of hydrogen-bond acceptors (Lipinski definition) is 9. The van der Waals surface area contributed by atoms with Crippen molar-refractivity contribution in [1.82, 2.24) is 9.80 Å². The number of fused-ring (bicyclic) bond motifs is 1. The van der Waals surface area contributed by atoms with Crippen molar-refractivity contribution >= 4 is 56.4 Å². The summed E-state index contributed by atoms with van der Waals surface area (Å²) in [5, 5.41) is 5.09. The van der Waals surface area contributed by atoms with Gasteiger partial charge in [-0.25, -0.2) is 4.39 Å². The number of carbonyl (C=O) groups is 3. The van der Waals surface area contributed by atoms with Gasteiger partial charge in [0, 0.05) is 54.7 Å². The van der Waals surface area contributed by atoms with Gasteiger partial charge in [-0.15, -0.1) is 11.3 Å². The average molecular weight is 714 g/mol. The fourth-order valence-corrected chi connectivity index (χ4v) is 8.70. The molecule has 3 aliphatic rings. The maximum atomic E-state index is 16.0. The molecule has 3 aromatic rings. The van der Waals surface area contributed by atoms with Gasteiger partial charge in [0.1, 0.15) is 10.8 Å². The summed E-state index contributed by atoms with van der Waals surface area (Å²) in [5.41, 5.74) is 0.749. The monoisotopic (exact) mass is 713 g/mol. The summed E-state index contributed by atoms with van der Waals surface area (Å²) < 4.78 is 35.3. The van der Waals surface area contributed by atoms with E-state index >= 15 is 4.39 Å². The molecule has 0 bridgehead atoms. The third kappa shape index (κ3) is 7.57. The molecular weight excluding hydrogens is 669 g/mol. The standard InChI is InChI=1S/C37H45ClFN3O6S/c1-3-46-27-17-20-42(22-27)37(41-18-7-8-19-41,48-26-14-11-24(12-15-26)36(45)47-4-2)32(43)21-25-13-16-30(33(38)34(25)39)40-35(44)29-23-49-31-10-6-5-9-28(29)31/h5-6,9-10,13,16,23-24,26-27H,3-4,7-8,11-12,14-15,17-22H2,1-2H3,(H,40,44)/t24?,26?,27-,37?/m1/s1. The molecule has 0 spiro atoms. The molecule has 12 heteroatoms. The first-order valence-corrected chi connectivity index (χ1v) is 18.7. The Morgan fingerprint density at radius 2 is 1.71 bits per heavy atom.